The van der Waals surface area contributed by atoms with Gasteiger partial charge in [-0.15, -0.1) is 0 Å². The van der Waals surface area contributed by atoms with Gasteiger partial charge >= 0.3 is 0 Å². The van der Waals surface area contributed by atoms with Crippen LogP contribution in [0.5, 0.6) is 0 Å². The first kappa shape index (κ1) is 16.0. The van der Waals surface area contributed by atoms with Crippen LogP contribution in [0.4, 0.5) is 0 Å². The first-order chi connectivity index (χ1) is 10.8. The van der Waals surface area contributed by atoms with Crippen LogP contribution < -0.4 is 0 Å². The number of methoxy groups -OCH3 is 1. The van der Waals surface area contributed by atoms with Gasteiger partial charge in [-0.1, -0.05) is 31.1 Å². The second kappa shape index (κ2) is 5.34. The van der Waals surface area contributed by atoms with Crippen molar-refractivity contribution in [3.8, 4) is 0 Å². The largest absolute Gasteiger partial charge is 0.378 e. The standard InChI is InChI=1S/C18H24N2O3/c1-17(2)15(11-18(17,3)22-5)20(4)16(21)10-13-12-8-6-7-9-14(12)23-19-13/h6-9,15H,10-11H2,1-5H3/t15-,18+/m0/s1. The average molecular weight is 316 g/mol. The minimum absolute atomic E-state index is 0.0558. The third-order valence-electron chi connectivity index (χ3n) is 5.86. The maximum absolute atomic E-state index is 12.7. The summed E-state index contributed by atoms with van der Waals surface area (Å²) in [6.45, 7) is 6.41. The molecule has 1 amide bonds. The third kappa shape index (κ3) is 2.34. The van der Waals surface area contributed by atoms with Crippen LogP contribution in [0.1, 0.15) is 32.9 Å². The maximum Gasteiger partial charge on any atom is 0.228 e. The number of fused-ring (bicyclic) bond motifs is 1. The van der Waals surface area contributed by atoms with Crippen molar-refractivity contribution in [1.82, 2.24) is 10.1 Å². The Labute approximate surface area is 136 Å². The van der Waals surface area contributed by atoms with Crippen molar-refractivity contribution in [2.24, 2.45) is 5.41 Å². The van der Waals surface area contributed by atoms with Gasteiger partial charge in [0.1, 0.15) is 5.69 Å². The number of amides is 1. The predicted octanol–water partition coefficient (Wildman–Crippen LogP) is 3.03. The molecule has 0 saturated heterocycles. The Kier molecular flexibility index (Phi) is 3.71. The van der Waals surface area contributed by atoms with Crippen LogP contribution in [0.2, 0.25) is 0 Å². The summed E-state index contributed by atoms with van der Waals surface area (Å²) in [5.41, 5.74) is 1.14. The Morgan fingerprint density at radius 2 is 2.09 bits per heavy atom. The van der Waals surface area contributed by atoms with E-state index in [1.165, 1.54) is 0 Å². The Morgan fingerprint density at radius 3 is 2.74 bits per heavy atom. The number of rotatable bonds is 4. The molecule has 0 bridgehead atoms. The van der Waals surface area contributed by atoms with Crippen molar-refractivity contribution in [2.45, 2.75) is 45.3 Å². The maximum atomic E-state index is 12.7. The van der Waals surface area contributed by atoms with Crippen LogP contribution in [0.25, 0.3) is 11.0 Å². The van der Waals surface area contributed by atoms with Gasteiger partial charge < -0.3 is 14.2 Å². The summed E-state index contributed by atoms with van der Waals surface area (Å²) in [7, 11) is 3.60. The van der Waals surface area contributed by atoms with Crippen molar-refractivity contribution in [2.75, 3.05) is 14.2 Å². The summed E-state index contributed by atoms with van der Waals surface area (Å²) >= 11 is 0. The molecule has 1 heterocycles. The number of para-hydroxylation sites is 1. The van der Waals surface area contributed by atoms with Gasteiger partial charge in [-0.05, 0) is 25.5 Å². The molecule has 1 aromatic heterocycles. The molecule has 2 atom stereocenters. The van der Waals surface area contributed by atoms with Crippen LogP contribution in [0, 0.1) is 5.41 Å². The van der Waals surface area contributed by atoms with Crippen LogP contribution >= 0.6 is 0 Å². The van der Waals surface area contributed by atoms with Gasteiger partial charge in [0, 0.05) is 31.0 Å². The summed E-state index contributed by atoms with van der Waals surface area (Å²) in [4.78, 5) is 14.5. The molecule has 0 unspecified atom stereocenters. The van der Waals surface area contributed by atoms with Crippen LogP contribution in [-0.4, -0.2) is 41.8 Å². The number of hydrogen-bond acceptors (Lipinski definition) is 4. The van der Waals surface area contributed by atoms with Crippen LogP contribution in [-0.2, 0) is 16.0 Å². The van der Waals surface area contributed by atoms with Gasteiger partial charge in [0.15, 0.2) is 5.58 Å². The lowest BCUT2D eigenvalue weighted by atomic mass is 9.55. The molecule has 5 nitrogen and oxygen atoms in total. The van der Waals surface area contributed by atoms with E-state index < -0.39 is 0 Å². The molecule has 1 aliphatic rings. The number of nitrogens with zero attached hydrogens (tertiary/aromatic N) is 2. The number of hydrogen-bond donors (Lipinski definition) is 0. The number of likely N-dealkylation sites (N-methyl/N-ethyl adjacent to an activating group) is 1. The molecule has 0 spiro atoms. The lowest BCUT2D eigenvalue weighted by Gasteiger charge is -2.61. The topological polar surface area (TPSA) is 55.6 Å². The summed E-state index contributed by atoms with van der Waals surface area (Å²) in [6.07, 6.45) is 1.10. The highest BCUT2D eigenvalue weighted by Crippen LogP contribution is 2.53. The van der Waals surface area contributed by atoms with E-state index in [4.69, 9.17) is 9.26 Å². The molecule has 23 heavy (non-hydrogen) atoms. The fourth-order valence-corrected chi connectivity index (χ4v) is 3.58. The number of benzene rings is 1. The Bertz CT molecular complexity index is 737. The van der Waals surface area contributed by atoms with Crippen LogP contribution in [0.3, 0.4) is 0 Å². The van der Waals surface area contributed by atoms with Gasteiger partial charge in [0.25, 0.3) is 0 Å². The molecular formula is C18H24N2O3. The van der Waals surface area contributed by atoms with Gasteiger partial charge in [0.05, 0.1) is 12.0 Å². The van der Waals surface area contributed by atoms with Crippen molar-refractivity contribution in [1.29, 1.82) is 0 Å². The smallest absolute Gasteiger partial charge is 0.228 e. The minimum Gasteiger partial charge on any atom is -0.378 e. The molecule has 0 N–H and O–H groups in total. The minimum atomic E-state index is -0.188. The van der Waals surface area contributed by atoms with Crippen molar-refractivity contribution >= 4 is 16.9 Å². The predicted molar refractivity (Wildman–Crippen MR) is 88.1 cm³/mol. The molecule has 0 radical (unpaired) electrons. The first-order valence-corrected chi connectivity index (χ1v) is 7.94. The van der Waals surface area contributed by atoms with E-state index in [1.54, 1.807) is 7.11 Å². The quantitative estimate of drug-likeness (QED) is 0.870. The molecule has 0 aliphatic heterocycles. The molecular weight excluding hydrogens is 292 g/mol. The van der Waals surface area contributed by atoms with E-state index in [9.17, 15) is 4.79 Å². The van der Waals surface area contributed by atoms with E-state index in [2.05, 4.69) is 25.9 Å². The molecule has 1 aromatic carbocycles. The first-order valence-electron chi connectivity index (χ1n) is 7.94. The second-order valence-electron chi connectivity index (χ2n) is 7.18. The molecule has 1 fully saturated rings. The van der Waals surface area contributed by atoms with E-state index in [0.717, 1.165) is 11.8 Å². The fraction of sp³-hybridized carbons (Fsp3) is 0.556. The molecule has 3 rings (SSSR count). The highest BCUT2D eigenvalue weighted by molar-refractivity contribution is 5.86. The van der Waals surface area contributed by atoms with Crippen molar-refractivity contribution in [3.63, 3.8) is 0 Å². The summed E-state index contributed by atoms with van der Waals surface area (Å²) in [6, 6.07) is 7.78. The zero-order valence-corrected chi connectivity index (χ0v) is 14.4. The Balaban J connectivity index is 1.74. The van der Waals surface area contributed by atoms with Crippen molar-refractivity contribution in [3.05, 3.63) is 30.0 Å². The zero-order chi connectivity index (χ0) is 16.8. The molecule has 124 valence electrons. The van der Waals surface area contributed by atoms with Gasteiger partial charge in [-0.25, -0.2) is 0 Å². The Morgan fingerprint density at radius 1 is 1.39 bits per heavy atom. The van der Waals surface area contributed by atoms with Crippen molar-refractivity contribution < 1.29 is 14.1 Å². The fourth-order valence-electron chi connectivity index (χ4n) is 3.58. The monoisotopic (exact) mass is 316 g/mol. The van der Waals surface area contributed by atoms with Gasteiger partial charge in [0.2, 0.25) is 5.91 Å². The van der Waals surface area contributed by atoms with E-state index in [1.807, 2.05) is 36.2 Å². The van der Waals surface area contributed by atoms with Gasteiger partial charge in [-0.2, -0.15) is 0 Å². The summed E-state index contributed by atoms with van der Waals surface area (Å²) in [5, 5.41) is 4.96. The number of ether oxygens (including phenoxy) is 1. The lowest BCUT2D eigenvalue weighted by molar-refractivity contribution is -0.207. The normalized spacial score (nSPS) is 26.0. The highest BCUT2D eigenvalue weighted by Gasteiger charge is 2.59. The number of carbonyl (C=O) groups is 1. The molecule has 2 aromatic rings. The van der Waals surface area contributed by atoms with Crippen LogP contribution in [0.15, 0.2) is 28.8 Å². The zero-order valence-electron chi connectivity index (χ0n) is 14.4. The van der Waals surface area contributed by atoms with E-state index >= 15 is 0 Å². The summed E-state index contributed by atoms with van der Waals surface area (Å²) < 4.78 is 10.9. The molecule has 5 heteroatoms. The summed E-state index contributed by atoms with van der Waals surface area (Å²) in [5.74, 6) is 0.0558. The highest BCUT2D eigenvalue weighted by atomic mass is 16.5. The number of carbonyl (C=O) groups excluding carboxylic acids is 1. The molecule has 1 aliphatic carbocycles. The average Bonchev–Trinajstić information content (AvgIpc) is 2.94. The lowest BCUT2D eigenvalue weighted by Crippen LogP contribution is -2.68. The second-order valence-corrected chi connectivity index (χ2v) is 7.18. The SMILES string of the molecule is CO[C@]1(C)C[C@H](N(C)C(=O)Cc2noc3ccccc23)C1(C)C. The van der Waals surface area contributed by atoms with E-state index in [-0.39, 0.29) is 29.4 Å². The Hall–Kier alpha value is -1.88. The third-order valence-corrected chi connectivity index (χ3v) is 5.86. The number of aromatic nitrogens is 1. The van der Waals surface area contributed by atoms with Gasteiger partial charge in [-0.3, -0.25) is 4.79 Å². The van der Waals surface area contributed by atoms with E-state index in [0.29, 0.717) is 11.3 Å². The molecule has 1 saturated carbocycles.